The molecule has 98 valence electrons. The van der Waals surface area contributed by atoms with E-state index in [2.05, 4.69) is 58.8 Å². The van der Waals surface area contributed by atoms with Gasteiger partial charge in [0, 0.05) is 18.1 Å². The highest BCUT2D eigenvalue weighted by Crippen LogP contribution is 2.52. The molecule has 0 unspecified atom stereocenters. The predicted octanol–water partition coefficient (Wildman–Crippen LogP) is 3.81. The average molecular weight is 279 g/mol. The van der Waals surface area contributed by atoms with E-state index in [-0.39, 0.29) is 0 Å². The maximum atomic E-state index is 2.68. The molecule has 0 amide bonds. The van der Waals surface area contributed by atoms with E-state index in [0.717, 1.165) is 0 Å². The lowest BCUT2D eigenvalue weighted by molar-refractivity contribution is 0.225. The minimum absolute atomic E-state index is 0.304. The molecule has 1 nitrogen and oxygen atoms in total. The molecule has 3 rings (SSSR count). The van der Waals surface area contributed by atoms with E-state index in [4.69, 9.17) is 0 Å². The van der Waals surface area contributed by atoms with E-state index in [0.29, 0.717) is 4.08 Å². The van der Waals surface area contributed by atoms with Crippen LogP contribution < -0.4 is 0 Å². The summed E-state index contributed by atoms with van der Waals surface area (Å²) in [7, 11) is 0. The van der Waals surface area contributed by atoms with Crippen LogP contribution in [-0.2, 0) is 4.08 Å². The van der Waals surface area contributed by atoms with Crippen LogP contribution in [-0.4, -0.2) is 36.0 Å². The standard InChI is InChI=1S/C15H21NS2/c1-3-7-14(8-4-1)15(17-11-12-18-15)13-16-9-5-2-6-10-16/h1,3-4,7-8H,2,5-6,9-13H2. The molecule has 0 aliphatic carbocycles. The van der Waals surface area contributed by atoms with Gasteiger partial charge in [-0.1, -0.05) is 36.8 Å². The molecule has 2 aliphatic heterocycles. The first-order chi connectivity index (χ1) is 8.89. The van der Waals surface area contributed by atoms with Crippen LogP contribution in [0, 0.1) is 0 Å². The summed E-state index contributed by atoms with van der Waals surface area (Å²) in [6, 6.07) is 11.1. The minimum atomic E-state index is 0.304. The molecule has 2 fully saturated rings. The first kappa shape index (κ1) is 12.9. The number of nitrogens with zero attached hydrogens (tertiary/aromatic N) is 1. The first-order valence-electron chi connectivity index (χ1n) is 6.95. The molecule has 1 aromatic carbocycles. The van der Waals surface area contributed by atoms with Crippen molar-refractivity contribution >= 4 is 23.5 Å². The number of thioether (sulfide) groups is 2. The van der Waals surface area contributed by atoms with Crippen molar-refractivity contribution in [1.29, 1.82) is 0 Å². The summed E-state index contributed by atoms with van der Waals surface area (Å²) in [5.41, 5.74) is 1.52. The van der Waals surface area contributed by atoms with Crippen molar-refractivity contribution in [3.63, 3.8) is 0 Å². The number of piperidine rings is 1. The van der Waals surface area contributed by atoms with Gasteiger partial charge in [-0.3, -0.25) is 0 Å². The van der Waals surface area contributed by atoms with Crippen molar-refractivity contribution in [2.75, 3.05) is 31.1 Å². The highest BCUT2D eigenvalue weighted by atomic mass is 32.2. The van der Waals surface area contributed by atoms with Crippen LogP contribution in [0.3, 0.4) is 0 Å². The molecule has 2 heterocycles. The summed E-state index contributed by atoms with van der Waals surface area (Å²) < 4.78 is 0.304. The zero-order chi connectivity index (χ0) is 12.3. The lowest BCUT2D eigenvalue weighted by Crippen LogP contribution is -2.38. The predicted molar refractivity (Wildman–Crippen MR) is 83.3 cm³/mol. The number of benzene rings is 1. The molecule has 18 heavy (non-hydrogen) atoms. The Kier molecular flexibility index (Phi) is 4.22. The number of likely N-dealkylation sites (tertiary alicyclic amines) is 1. The largest absolute Gasteiger partial charge is 0.301 e. The van der Waals surface area contributed by atoms with Gasteiger partial charge < -0.3 is 4.90 Å². The normalized spacial score (nSPS) is 24.2. The number of hydrogen-bond donors (Lipinski definition) is 0. The monoisotopic (exact) mass is 279 g/mol. The Hall–Kier alpha value is -0.120. The highest BCUT2D eigenvalue weighted by molar-refractivity contribution is 8.20. The summed E-state index contributed by atoms with van der Waals surface area (Å²) in [6.07, 6.45) is 4.20. The molecule has 0 radical (unpaired) electrons. The minimum Gasteiger partial charge on any atom is -0.301 e. The molecule has 0 saturated carbocycles. The lowest BCUT2D eigenvalue weighted by atomic mass is 10.1. The second kappa shape index (κ2) is 5.89. The third kappa shape index (κ3) is 2.73. The molecule has 0 spiro atoms. The Morgan fingerprint density at radius 1 is 0.944 bits per heavy atom. The smallest absolute Gasteiger partial charge is 0.0987 e. The lowest BCUT2D eigenvalue weighted by Gasteiger charge is -2.36. The first-order valence-corrected chi connectivity index (χ1v) is 8.92. The second-order valence-electron chi connectivity index (χ2n) is 5.15. The zero-order valence-corrected chi connectivity index (χ0v) is 12.4. The number of hydrogen-bond acceptors (Lipinski definition) is 3. The molecule has 0 atom stereocenters. The SMILES string of the molecule is c1ccc(C2(CN3CCCCC3)SCCS2)cc1. The molecular weight excluding hydrogens is 258 g/mol. The average Bonchev–Trinajstić information content (AvgIpc) is 2.91. The second-order valence-corrected chi connectivity index (χ2v) is 8.20. The van der Waals surface area contributed by atoms with Gasteiger partial charge in [-0.15, -0.1) is 23.5 Å². The van der Waals surface area contributed by atoms with Crippen molar-refractivity contribution in [1.82, 2.24) is 4.90 Å². The third-order valence-corrected chi connectivity index (χ3v) is 7.29. The molecular formula is C15H21NS2. The highest BCUT2D eigenvalue weighted by Gasteiger charge is 2.39. The van der Waals surface area contributed by atoms with Gasteiger partial charge in [0.15, 0.2) is 0 Å². The van der Waals surface area contributed by atoms with Gasteiger partial charge in [0.2, 0.25) is 0 Å². The molecule has 2 saturated heterocycles. The summed E-state index contributed by atoms with van der Waals surface area (Å²) >= 11 is 4.32. The Labute approximate surface area is 119 Å². The van der Waals surface area contributed by atoms with E-state index in [9.17, 15) is 0 Å². The fourth-order valence-corrected chi connectivity index (χ4v) is 6.22. The van der Waals surface area contributed by atoms with Gasteiger partial charge >= 0.3 is 0 Å². The molecule has 3 heteroatoms. The van der Waals surface area contributed by atoms with Crippen LogP contribution in [0.4, 0.5) is 0 Å². The Morgan fingerprint density at radius 3 is 2.28 bits per heavy atom. The van der Waals surface area contributed by atoms with Gasteiger partial charge in [0.1, 0.15) is 0 Å². The Balaban J connectivity index is 1.78. The summed E-state index contributed by atoms with van der Waals surface area (Å²) in [6.45, 7) is 3.83. The Morgan fingerprint density at radius 2 is 1.61 bits per heavy atom. The van der Waals surface area contributed by atoms with E-state index in [1.54, 1.807) is 0 Å². The van der Waals surface area contributed by atoms with Gasteiger partial charge in [-0.25, -0.2) is 0 Å². The van der Waals surface area contributed by atoms with Crippen molar-refractivity contribution in [2.24, 2.45) is 0 Å². The van der Waals surface area contributed by atoms with E-state index >= 15 is 0 Å². The van der Waals surface area contributed by atoms with Crippen molar-refractivity contribution in [2.45, 2.75) is 23.3 Å². The number of rotatable bonds is 3. The summed E-state index contributed by atoms with van der Waals surface area (Å²) in [5, 5.41) is 0. The summed E-state index contributed by atoms with van der Waals surface area (Å²) in [4.78, 5) is 2.68. The maximum Gasteiger partial charge on any atom is 0.0987 e. The van der Waals surface area contributed by atoms with E-state index in [1.165, 1.54) is 56.0 Å². The van der Waals surface area contributed by atoms with Crippen LogP contribution in [0.2, 0.25) is 0 Å². The van der Waals surface area contributed by atoms with Crippen LogP contribution in [0.25, 0.3) is 0 Å². The Bertz CT molecular complexity index is 367. The van der Waals surface area contributed by atoms with Crippen LogP contribution in [0.15, 0.2) is 30.3 Å². The van der Waals surface area contributed by atoms with Crippen molar-refractivity contribution in [3.05, 3.63) is 35.9 Å². The molecule has 1 aromatic rings. The topological polar surface area (TPSA) is 3.24 Å². The van der Waals surface area contributed by atoms with Crippen LogP contribution in [0.5, 0.6) is 0 Å². The van der Waals surface area contributed by atoms with Gasteiger partial charge in [0.05, 0.1) is 4.08 Å². The fourth-order valence-electron chi connectivity index (χ4n) is 2.91. The van der Waals surface area contributed by atoms with Crippen molar-refractivity contribution in [3.8, 4) is 0 Å². The summed E-state index contributed by atoms with van der Waals surface area (Å²) in [5.74, 6) is 2.60. The molecule has 0 aromatic heterocycles. The quantitative estimate of drug-likeness (QED) is 0.828. The van der Waals surface area contributed by atoms with E-state index in [1.807, 2.05) is 0 Å². The van der Waals surface area contributed by atoms with Gasteiger partial charge in [0.25, 0.3) is 0 Å². The fraction of sp³-hybridized carbons (Fsp3) is 0.600. The molecule has 0 bridgehead atoms. The van der Waals surface area contributed by atoms with Gasteiger partial charge in [-0.05, 0) is 31.5 Å². The molecule has 0 N–H and O–H groups in total. The maximum absolute atomic E-state index is 2.68. The molecule has 2 aliphatic rings. The van der Waals surface area contributed by atoms with Crippen LogP contribution >= 0.6 is 23.5 Å². The third-order valence-electron chi connectivity index (χ3n) is 3.85. The van der Waals surface area contributed by atoms with Crippen LogP contribution in [0.1, 0.15) is 24.8 Å². The van der Waals surface area contributed by atoms with E-state index < -0.39 is 0 Å². The van der Waals surface area contributed by atoms with Gasteiger partial charge in [-0.2, -0.15) is 0 Å². The van der Waals surface area contributed by atoms with Crippen molar-refractivity contribution < 1.29 is 0 Å². The zero-order valence-electron chi connectivity index (χ0n) is 10.8.